The first-order valence-electron chi connectivity index (χ1n) is 8.31. The zero-order chi connectivity index (χ0) is 19.1. The van der Waals surface area contributed by atoms with E-state index in [2.05, 4.69) is 33.2 Å². The summed E-state index contributed by atoms with van der Waals surface area (Å²) in [5, 5.41) is 34.6. The van der Waals surface area contributed by atoms with E-state index >= 15 is 0 Å². The fourth-order valence-corrected chi connectivity index (χ4v) is 3.31. The van der Waals surface area contributed by atoms with Crippen LogP contribution in [-0.4, -0.2) is 40.4 Å². The quantitative estimate of drug-likeness (QED) is 0.362. The van der Waals surface area contributed by atoms with Gasteiger partial charge < -0.3 is 26.0 Å². The second kappa shape index (κ2) is 9.75. The first kappa shape index (κ1) is 20.5. The summed E-state index contributed by atoms with van der Waals surface area (Å²) in [6.45, 7) is 2.51. The molecule has 2 rings (SSSR count). The van der Waals surface area contributed by atoms with Gasteiger partial charge in [-0.1, -0.05) is 18.2 Å². The maximum atomic E-state index is 10.6. The molecule has 7 heteroatoms. The van der Waals surface area contributed by atoms with E-state index in [0.29, 0.717) is 6.54 Å². The Balaban J connectivity index is 1.83. The van der Waals surface area contributed by atoms with E-state index < -0.39 is 12.1 Å². The number of hydrogen-bond acceptors (Lipinski definition) is 5. The number of phenols is 1. The van der Waals surface area contributed by atoms with E-state index in [1.165, 1.54) is 0 Å². The average molecular weight is 470 g/mol. The zero-order valence-corrected chi connectivity index (χ0v) is 16.6. The minimum atomic E-state index is -0.893. The lowest BCUT2D eigenvalue weighted by molar-refractivity contribution is -0.134. The number of halogens is 1. The fourth-order valence-electron chi connectivity index (χ4n) is 2.54. The van der Waals surface area contributed by atoms with E-state index in [9.17, 15) is 15.0 Å². The number of phenolic OH excluding ortho intramolecular Hbond substituents is 1. The Kier molecular flexibility index (Phi) is 7.67. The van der Waals surface area contributed by atoms with Gasteiger partial charge in [-0.25, -0.2) is 0 Å². The SMILES string of the molecule is C[C@H](NCCc1ccc(NCC(=O)O)c(I)c1)[C@@H](O)c1ccc(O)cc1. The van der Waals surface area contributed by atoms with Crippen LogP contribution in [0, 0.1) is 3.57 Å². The molecule has 0 aromatic heterocycles. The van der Waals surface area contributed by atoms with Crippen LogP contribution in [0.4, 0.5) is 5.69 Å². The van der Waals surface area contributed by atoms with Crippen molar-refractivity contribution in [2.45, 2.75) is 25.5 Å². The van der Waals surface area contributed by atoms with Crippen LogP contribution in [0.15, 0.2) is 42.5 Å². The summed E-state index contributed by atoms with van der Waals surface area (Å²) in [6, 6.07) is 12.3. The van der Waals surface area contributed by atoms with Crippen molar-refractivity contribution < 1.29 is 20.1 Å². The van der Waals surface area contributed by atoms with Crippen LogP contribution in [0.5, 0.6) is 5.75 Å². The summed E-state index contributed by atoms with van der Waals surface area (Å²) < 4.78 is 0.971. The van der Waals surface area contributed by atoms with E-state index in [1.54, 1.807) is 24.3 Å². The molecule has 6 nitrogen and oxygen atoms in total. The molecule has 2 aromatic rings. The van der Waals surface area contributed by atoms with Gasteiger partial charge in [0.25, 0.3) is 0 Å². The number of aromatic hydroxyl groups is 1. The standard InChI is InChI=1S/C19H23IN2O4/c1-12(19(26)14-3-5-15(23)6-4-14)21-9-8-13-2-7-17(16(20)10-13)22-11-18(24)25/h2-7,10,12,19,21-23,26H,8-9,11H2,1H3,(H,24,25)/t12-,19+/m0/s1. The van der Waals surface area contributed by atoms with Crippen LogP contribution in [0.2, 0.25) is 0 Å². The summed E-state index contributed by atoms with van der Waals surface area (Å²) in [5.74, 6) is -0.715. The number of benzene rings is 2. The summed E-state index contributed by atoms with van der Waals surface area (Å²) in [4.78, 5) is 10.6. The van der Waals surface area contributed by atoms with Gasteiger partial charge in [0.1, 0.15) is 12.3 Å². The van der Waals surface area contributed by atoms with Gasteiger partial charge in [-0.15, -0.1) is 0 Å². The Bertz CT molecular complexity index is 737. The van der Waals surface area contributed by atoms with Gasteiger partial charge in [0.2, 0.25) is 0 Å². The maximum Gasteiger partial charge on any atom is 0.322 e. The predicted molar refractivity (Wildman–Crippen MR) is 110 cm³/mol. The molecule has 0 fully saturated rings. The highest BCUT2D eigenvalue weighted by Gasteiger charge is 2.15. The van der Waals surface area contributed by atoms with Crippen LogP contribution in [0.25, 0.3) is 0 Å². The molecule has 0 aliphatic carbocycles. The number of aliphatic carboxylic acids is 1. The molecule has 0 saturated carbocycles. The second-order valence-corrected chi connectivity index (χ2v) is 7.25. The van der Waals surface area contributed by atoms with Gasteiger partial charge in [0.15, 0.2) is 0 Å². The summed E-state index contributed by atoms with van der Waals surface area (Å²) in [5.41, 5.74) is 2.70. The highest BCUT2D eigenvalue weighted by molar-refractivity contribution is 14.1. The Hall–Kier alpha value is -1.84. The molecule has 0 aliphatic rings. The van der Waals surface area contributed by atoms with Crippen LogP contribution in [0.3, 0.4) is 0 Å². The molecule has 0 radical (unpaired) electrons. The maximum absolute atomic E-state index is 10.6. The van der Waals surface area contributed by atoms with E-state index in [0.717, 1.165) is 26.8 Å². The molecule has 0 saturated heterocycles. The minimum absolute atomic E-state index is 0.108. The van der Waals surface area contributed by atoms with Crippen molar-refractivity contribution >= 4 is 34.2 Å². The Morgan fingerprint density at radius 3 is 2.50 bits per heavy atom. The zero-order valence-electron chi connectivity index (χ0n) is 14.4. The number of hydrogen-bond donors (Lipinski definition) is 5. The number of nitrogens with one attached hydrogen (secondary N) is 2. The molecule has 140 valence electrons. The first-order valence-corrected chi connectivity index (χ1v) is 9.39. The number of rotatable bonds is 9. The third-order valence-electron chi connectivity index (χ3n) is 4.05. The Labute approximate surface area is 166 Å². The van der Waals surface area contributed by atoms with Gasteiger partial charge in [-0.3, -0.25) is 4.79 Å². The van der Waals surface area contributed by atoms with Gasteiger partial charge in [0, 0.05) is 15.3 Å². The number of aliphatic hydroxyl groups excluding tert-OH is 1. The van der Waals surface area contributed by atoms with Gasteiger partial charge in [-0.2, -0.15) is 0 Å². The van der Waals surface area contributed by atoms with Crippen molar-refractivity contribution in [3.63, 3.8) is 0 Å². The lowest BCUT2D eigenvalue weighted by Crippen LogP contribution is -2.33. The lowest BCUT2D eigenvalue weighted by atomic mass is 10.0. The third-order valence-corrected chi connectivity index (χ3v) is 4.94. The van der Waals surface area contributed by atoms with E-state index in [4.69, 9.17) is 5.11 Å². The first-order chi connectivity index (χ1) is 12.4. The Morgan fingerprint density at radius 2 is 1.88 bits per heavy atom. The van der Waals surface area contributed by atoms with Crippen LogP contribution in [0.1, 0.15) is 24.2 Å². The van der Waals surface area contributed by atoms with E-state index in [1.807, 2.05) is 25.1 Å². The fraction of sp³-hybridized carbons (Fsp3) is 0.316. The van der Waals surface area contributed by atoms with Gasteiger partial charge >= 0.3 is 5.97 Å². The molecule has 0 unspecified atom stereocenters. The largest absolute Gasteiger partial charge is 0.508 e. The average Bonchev–Trinajstić information content (AvgIpc) is 2.60. The summed E-state index contributed by atoms with van der Waals surface area (Å²) in [7, 11) is 0. The van der Waals surface area contributed by atoms with Crippen LogP contribution < -0.4 is 10.6 Å². The number of aliphatic hydroxyl groups is 1. The second-order valence-electron chi connectivity index (χ2n) is 6.09. The van der Waals surface area contributed by atoms with Crippen molar-refractivity contribution in [3.05, 3.63) is 57.2 Å². The van der Waals surface area contributed by atoms with Crippen molar-refractivity contribution in [1.82, 2.24) is 5.32 Å². The van der Waals surface area contributed by atoms with Crippen molar-refractivity contribution in [3.8, 4) is 5.75 Å². The molecule has 0 heterocycles. The van der Waals surface area contributed by atoms with Crippen LogP contribution >= 0.6 is 22.6 Å². The van der Waals surface area contributed by atoms with Crippen molar-refractivity contribution in [1.29, 1.82) is 0 Å². The molecule has 0 amide bonds. The number of carbonyl (C=O) groups is 1. The van der Waals surface area contributed by atoms with Crippen molar-refractivity contribution in [2.24, 2.45) is 0 Å². The monoisotopic (exact) mass is 470 g/mol. The van der Waals surface area contributed by atoms with Crippen LogP contribution in [-0.2, 0) is 11.2 Å². The summed E-state index contributed by atoms with van der Waals surface area (Å²) >= 11 is 2.18. The number of anilines is 1. The number of carboxylic acids is 1. The molecular formula is C19H23IN2O4. The molecule has 26 heavy (non-hydrogen) atoms. The normalized spacial score (nSPS) is 13.2. The number of carboxylic acid groups (broad SMARTS) is 1. The smallest absolute Gasteiger partial charge is 0.322 e. The Morgan fingerprint density at radius 1 is 1.19 bits per heavy atom. The summed E-state index contributed by atoms with van der Waals surface area (Å²) in [6.07, 6.45) is 0.139. The lowest BCUT2D eigenvalue weighted by Gasteiger charge is -2.21. The predicted octanol–water partition coefficient (Wildman–Crippen LogP) is 2.75. The molecular weight excluding hydrogens is 447 g/mol. The third kappa shape index (κ3) is 6.15. The van der Waals surface area contributed by atoms with Gasteiger partial charge in [0.05, 0.1) is 6.10 Å². The van der Waals surface area contributed by atoms with E-state index in [-0.39, 0.29) is 18.3 Å². The molecule has 0 spiro atoms. The molecule has 0 aliphatic heterocycles. The minimum Gasteiger partial charge on any atom is -0.508 e. The molecule has 2 atom stereocenters. The molecule has 5 N–H and O–H groups in total. The molecule has 2 aromatic carbocycles. The van der Waals surface area contributed by atoms with Gasteiger partial charge in [-0.05, 0) is 77.9 Å². The van der Waals surface area contributed by atoms with Crippen molar-refractivity contribution in [2.75, 3.05) is 18.4 Å². The topological polar surface area (TPSA) is 102 Å². The highest BCUT2D eigenvalue weighted by Crippen LogP contribution is 2.21. The highest BCUT2D eigenvalue weighted by atomic mass is 127. The molecule has 0 bridgehead atoms.